The van der Waals surface area contributed by atoms with Gasteiger partial charge in [0.1, 0.15) is 5.75 Å². The zero-order valence-electron chi connectivity index (χ0n) is 13.7. The van der Waals surface area contributed by atoms with Crippen molar-refractivity contribution in [3.8, 4) is 5.75 Å². The molecule has 122 valence electrons. The summed E-state index contributed by atoms with van der Waals surface area (Å²) in [5, 5.41) is 3.09. The fourth-order valence-electron chi connectivity index (χ4n) is 3.04. The maximum atomic E-state index is 12.3. The lowest BCUT2D eigenvalue weighted by molar-refractivity contribution is -0.125. The first-order chi connectivity index (χ1) is 10.5. The zero-order chi connectivity index (χ0) is 16.1. The molecule has 1 aromatic rings. The van der Waals surface area contributed by atoms with Crippen LogP contribution in [-0.4, -0.2) is 44.6 Å². The topological polar surface area (TPSA) is 67.6 Å². The first-order valence-corrected chi connectivity index (χ1v) is 7.85. The zero-order valence-corrected chi connectivity index (χ0v) is 13.7. The molecule has 0 heterocycles. The van der Waals surface area contributed by atoms with Crippen LogP contribution in [0.3, 0.4) is 0 Å². The maximum Gasteiger partial charge on any atom is 0.223 e. The van der Waals surface area contributed by atoms with E-state index in [4.69, 9.17) is 10.5 Å². The lowest BCUT2D eigenvalue weighted by Gasteiger charge is -2.26. The number of likely N-dealkylation sites (N-methyl/N-ethyl adjacent to an activating group) is 1. The number of methoxy groups -OCH3 is 1. The van der Waals surface area contributed by atoms with Gasteiger partial charge in [-0.3, -0.25) is 4.79 Å². The standard InChI is InChI=1S/C17H27N3O2/c1-20(2)16(12-5-4-6-15(10-12)22-3)11-19-17(21)13-7-8-14(18)9-13/h4-6,10,13-14,16H,7-9,11,18H2,1-3H3,(H,19,21). The molecule has 1 fully saturated rings. The number of nitrogens with one attached hydrogen (secondary N) is 1. The van der Waals surface area contributed by atoms with E-state index in [1.165, 1.54) is 0 Å². The Bertz CT molecular complexity index is 504. The molecule has 1 amide bonds. The molecule has 0 saturated heterocycles. The third-order valence-electron chi connectivity index (χ3n) is 4.42. The van der Waals surface area contributed by atoms with Crippen molar-refractivity contribution in [2.24, 2.45) is 11.7 Å². The van der Waals surface area contributed by atoms with E-state index in [1.807, 2.05) is 32.3 Å². The molecular weight excluding hydrogens is 278 g/mol. The van der Waals surface area contributed by atoms with E-state index in [9.17, 15) is 4.79 Å². The van der Waals surface area contributed by atoms with Crippen LogP contribution in [0.1, 0.15) is 30.9 Å². The molecule has 22 heavy (non-hydrogen) atoms. The quantitative estimate of drug-likeness (QED) is 0.836. The summed E-state index contributed by atoms with van der Waals surface area (Å²) in [6.45, 7) is 0.588. The van der Waals surface area contributed by atoms with Crippen LogP contribution < -0.4 is 15.8 Å². The molecule has 1 aliphatic carbocycles. The molecule has 0 radical (unpaired) electrons. The summed E-state index contributed by atoms with van der Waals surface area (Å²) < 4.78 is 5.28. The third-order valence-corrected chi connectivity index (χ3v) is 4.42. The Labute approximate surface area is 132 Å². The number of amides is 1. The van der Waals surface area contributed by atoms with Crippen molar-refractivity contribution in [1.82, 2.24) is 10.2 Å². The molecule has 1 aliphatic rings. The SMILES string of the molecule is COc1cccc(C(CNC(=O)C2CCC(N)C2)N(C)C)c1. The van der Waals surface area contributed by atoms with E-state index in [1.54, 1.807) is 7.11 Å². The van der Waals surface area contributed by atoms with Gasteiger partial charge in [0, 0.05) is 18.5 Å². The van der Waals surface area contributed by atoms with Crippen molar-refractivity contribution < 1.29 is 9.53 Å². The maximum absolute atomic E-state index is 12.3. The van der Waals surface area contributed by atoms with E-state index in [0.717, 1.165) is 30.6 Å². The van der Waals surface area contributed by atoms with Gasteiger partial charge >= 0.3 is 0 Å². The third kappa shape index (κ3) is 4.21. The Kier molecular flexibility index (Phi) is 5.80. The van der Waals surface area contributed by atoms with Gasteiger partial charge in [-0.15, -0.1) is 0 Å². The van der Waals surface area contributed by atoms with E-state index in [2.05, 4.69) is 16.3 Å². The fourth-order valence-corrected chi connectivity index (χ4v) is 3.04. The van der Waals surface area contributed by atoms with Crippen molar-refractivity contribution in [3.05, 3.63) is 29.8 Å². The number of carbonyl (C=O) groups is 1. The molecule has 1 aromatic carbocycles. The molecule has 5 heteroatoms. The minimum Gasteiger partial charge on any atom is -0.497 e. The number of hydrogen-bond donors (Lipinski definition) is 2. The van der Waals surface area contributed by atoms with Gasteiger partial charge < -0.3 is 20.7 Å². The van der Waals surface area contributed by atoms with Crippen LogP contribution in [0.15, 0.2) is 24.3 Å². The van der Waals surface area contributed by atoms with Gasteiger partial charge in [0.2, 0.25) is 5.91 Å². The predicted molar refractivity (Wildman–Crippen MR) is 87.7 cm³/mol. The number of nitrogens with zero attached hydrogens (tertiary/aromatic N) is 1. The van der Waals surface area contributed by atoms with Crippen LogP contribution in [0.2, 0.25) is 0 Å². The molecule has 3 N–H and O–H groups in total. The number of ether oxygens (including phenoxy) is 1. The number of carbonyl (C=O) groups excluding carboxylic acids is 1. The Morgan fingerprint density at radius 2 is 2.23 bits per heavy atom. The van der Waals surface area contributed by atoms with E-state index < -0.39 is 0 Å². The molecule has 3 unspecified atom stereocenters. The van der Waals surface area contributed by atoms with Gasteiger partial charge in [-0.2, -0.15) is 0 Å². The number of rotatable bonds is 6. The second-order valence-electron chi connectivity index (χ2n) is 6.27. The highest BCUT2D eigenvalue weighted by molar-refractivity contribution is 5.79. The highest BCUT2D eigenvalue weighted by Gasteiger charge is 2.28. The van der Waals surface area contributed by atoms with E-state index >= 15 is 0 Å². The van der Waals surface area contributed by atoms with E-state index in [0.29, 0.717) is 6.54 Å². The normalized spacial score (nSPS) is 22.6. The molecule has 0 aliphatic heterocycles. The fraction of sp³-hybridized carbons (Fsp3) is 0.588. The van der Waals surface area contributed by atoms with Crippen LogP contribution in [-0.2, 0) is 4.79 Å². The van der Waals surface area contributed by atoms with Crippen LogP contribution in [0.25, 0.3) is 0 Å². The highest BCUT2D eigenvalue weighted by atomic mass is 16.5. The van der Waals surface area contributed by atoms with Gasteiger partial charge in [-0.1, -0.05) is 12.1 Å². The Morgan fingerprint density at radius 1 is 1.45 bits per heavy atom. The van der Waals surface area contributed by atoms with Crippen LogP contribution >= 0.6 is 0 Å². The molecule has 1 saturated carbocycles. The second-order valence-corrected chi connectivity index (χ2v) is 6.27. The minimum atomic E-state index is 0.0723. The van der Waals surface area contributed by atoms with E-state index in [-0.39, 0.29) is 23.9 Å². The summed E-state index contributed by atoms with van der Waals surface area (Å²) in [5.74, 6) is 1.03. The summed E-state index contributed by atoms with van der Waals surface area (Å²) in [7, 11) is 5.69. The van der Waals surface area contributed by atoms with Crippen molar-refractivity contribution >= 4 is 5.91 Å². The Morgan fingerprint density at radius 3 is 2.82 bits per heavy atom. The lowest BCUT2D eigenvalue weighted by atomic mass is 10.0. The molecular formula is C17H27N3O2. The van der Waals surface area contributed by atoms with Crippen LogP contribution in [0.5, 0.6) is 5.75 Å². The van der Waals surface area contributed by atoms with Crippen molar-refractivity contribution in [1.29, 1.82) is 0 Å². The largest absolute Gasteiger partial charge is 0.497 e. The average molecular weight is 305 g/mol. The van der Waals surface area contributed by atoms with Crippen molar-refractivity contribution in [2.75, 3.05) is 27.7 Å². The lowest BCUT2D eigenvalue weighted by Crippen LogP contribution is -2.37. The Hall–Kier alpha value is -1.59. The van der Waals surface area contributed by atoms with Crippen molar-refractivity contribution in [3.63, 3.8) is 0 Å². The number of hydrogen-bond acceptors (Lipinski definition) is 4. The Balaban J connectivity index is 1.98. The van der Waals surface area contributed by atoms with Gasteiger partial charge in [0.15, 0.2) is 0 Å². The minimum absolute atomic E-state index is 0.0723. The second kappa shape index (κ2) is 7.61. The van der Waals surface area contributed by atoms with Gasteiger partial charge in [0.25, 0.3) is 0 Å². The summed E-state index contributed by atoms with van der Waals surface area (Å²) in [6, 6.07) is 8.28. The summed E-state index contributed by atoms with van der Waals surface area (Å²) >= 11 is 0. The monoisotopic (exact) mass is 305 g/mol. The predicted octanol–water partition coefficient (Wildman–Crippen LogP) is 1.54. The summed E-state index contributed by atoms with van der Waals surface area (Å²) in [5.41, 5.74) is 7.02. The molecule has 0 aromatic heterocycles. The smallest absolute Gasteiger partial charge is 0.223 e. The van der Waals surface area contributed by atoms with Gasteiger partial charge in [-0.05, 0) is 51.1 Å². The first-order valence-electron chi connectivity index (χ1n) is 7.85. The molecule has 2 rings (SSSR count). The molecule has 0 bridgehead atoms. The van der Waals surface area contributed by atoms with Gasteiger partial charge in [0.05, 0.1) is 13.2 Å². The average Bonchev–Trinajstić information content (AvgIpc) is 2.94. The molecule has 0 spiro atoms. The van der Waals surface area contributed by atoms with Crippen LogP contribution in [0, 0.1) is 5.92 Å². The number of benzene rings is 1. The highest BCUT2D eigenvalue weighted by Crippen LogP contribution is 2.25. The molecule has 5 nitrogen and oxygen atoms in total. The molecule has 3 atom stereocenters. The van der Waals surface area contributed by atoms with Crippen molar-refractivity contribution in [2.45, 2.75) is 31.3 Å². The van der Waals surface area contributed by atoms with Crippen LogP contribution in [0.4, 0.5) is 0 Å². The van der Waals surface area contributed by atoms with Gasteiger partial charge in [-0.25, -0.2) is 0 Å². The summed E-state index contributed by atoms with van der Waals surface area (Å²) in [6.07, 6.45) is 2.65. The first kappa shape index (κ1) is 16.8. The number of nitrogens with two attached hydrogens (primary N) is 1. The summed E-state index contributed by atoms with van der Waals surface area (Å²) in [4.78, 5) is 14.4.